The molecule has 1 saturated heterocycles. The van der Waals surface area contributed by atoms with E-state index in [1.165, 1.54) is 18.4 Å². The number of rotatable bonds is 4. The Morgan fingerprint density at radius 3 is 2.56 bits per heavy atom. The molecule has 0 bridgehead atoms. The van der Waals surface area contributed by atoms with Crippen molar-refractivity contribution in [1.82, 2.24) is 10.2 Å². The Balaban J connectivity index is 2.02. The molecule has 3 nitrogen and oxygen atoms in total. The van der Waals surface area contributed by atoms with Gasteiger partial charge in [0.2, 0.25) is 0 Å². The van der Waals surface area contributed by atoms with Crippen LogP contribution >= 0.6 is 0 Å². The first-order valence-electron chi connectivity index (χ1n) is 6.98. The van der Waals surface area contributed by atoms with Crippen molar-refractivity contribution in [3.63, 3.8) is 0 Å². The van der Waals surface area contributed by atoms with Crippen molar-refractivity contribution < 1.29 is 5.11 Å². The minimum absolute atomic E-state index is 0.345. The third kappa shape index (κ3) is 3.24. The van der Waals surface area contributed by atoms with Crippen LogP contribution in [0.1, 0.15) is 32.3 Å². The monoisotopic (exact) mass is 248 g/mol. The topological polar surface area (TPSA) is 35.5 Å². The Kier molecular flexibility index (Phi) is 4.61. The maximum absolute atomic E-state index is 9.32. The minimum Gasteiger partial charge on any atom is -0.508 e. The third-order valence-corrected chi connectivity index (χ3v) is 3.90. The summed E-state index contributed by atoms with van der Waals surface area (Å²) in [6, 6.07) is 8.83. The van der Waals surface area contributed by atoms with Crippen LogP contribution in [0, 0.1) is 0 Å². The van der Waals surface area contributed by atoms with Crippen LogP contribution < -0.4 is 5.32 Å². The van der Waals surface area contributed by atoms with Crippen molar-refractivity contribution >= 4 is 0 Å². The van der Waals surface area contributed by atoms with Gasteiger partial charge in [-0.3, -0.25) is 4.90 Å². The van der Waals surface area contributed by atoms with Crippen molar-refractivity contribution in [2.45, 2.75) is 45.3 Å². The van der Waals surface area contributed by atoms with E-state index >= 15 is 0 Å². The highest BCUT2D eigenvalue weighted by molar-refractivity contribution is 5.25. The molecule has 2 rings (SSSR count). The minimum atomic E-state index is 0.345. The SMILES string of the molecule is CCC1CN(Cc2ccc(O)cc2)C(CC)CN1. The van der Waals surface area contributed by atoms with E-state index in [4.69, 9.17) is 0 Å². The number of nitrogens with one attached hydrogen (secondary N) is 1. The Bertz CT molecular complexity index is 363. The average Bonchev–Trinajstić information content (AvgIpc) is 2.41. The van der Waals surface area contributed by atoms with E-state index in [2.05, 4.69) is 24.1 Å². The van der Waals surface area contributed by atoms with E-state index < -0.39 is 0 Å². The van der Waals surface area contributed by atoms with Crippen LogP contribution in [0.5, 0.6) is 5.75 Å². The van der Waals surface area contributed by atoms with Crippen molar-refractivity contribution in [3.05, 3.63) is 29.8 Å². The fourth-order valence-electron chi connectivity index (χ4n) is 2.63. The molecule has 0 amide bonds. The molecule has 18 heavy (non-hydrogen) atoms. The summed E-state index contributed by atoms with van der Waals surface area (Å²) in [5, 5.41) is 12.9. The summed E-state index contributed by atoms with van der Waals surface area (Å²) in [5.41, 5.74) is 1.28. The smallest absolute Gasteiger partial charge is 0.115 e. The van der Waals surface area contributed by atoms with E-state index in [1.807, 2.05) is 12.1 Å². The number of aromatic hydroxyl groups is 1. The van der Waals surface area contributed by atoms with Crippen molar-refractivity contribution in [2.24, 2.45) is 0 Å². The molecule has 0 spiro atoms. The van der Waals surface area contributed by atoms with Gasteiger partial charge in [-0.05, 0) is 30.5 Å². The van der Waals surface area contributed by atoms with E-state index in [1.54, 1.807) is 12.1 Å². The van der Waals surface area contributed by atoms with Gasteiger partial charge in [-0.1, -0.05) is 26.0 Å². The van der Waals surface area contributed by atoms with Crippen LogP contribution in [0.3, 0.4) is 0 Å². The first-order valence-corrected chi connectivity index (χ1v) is 6.98. The van der Waals surface area contributed by atoms with Crippen LogP contribution in [0.2, 0.25) is 0 Å². The zero-order chi connectivity index (χ0) is 13.0. The van der Waals surface area contributed by atoms with Gasteiger partial charge in [0.05, 0.1) is 0 Å². The number of phenols is 1. The lowest BCUT2D eigenvalue weighted by Gasteiger charge is -2.40. The first kappa shape index (κ1) is 13.4. The van der Waals surface area contributed by atoms with Crippen LogP contribution in [0.15, 0.2) is 24.3 Å². The highest BCUT2D eigenvalue weighted by Crippen LogP contribution is 2.17. The number of hydrogen-bond acceptors (Lipinski definition) is 3. The van der Waals surface area contributed by atoms with Gasteiger partial charge >= 0.3 is 0 Å². The number of phenolic OH excluding ortho intramolecular Hbond substituents is 1. The molecule has 0 aliphatic carbocycles. The lowest BCUT2D eigenvalue weighted by Crippen LogP contribution is -2.55. The average molecular weight is 248 g/mol. The fraction of sp³-hybridized carbons (Fsp3) is 0.600. The Morgan fingerprint density at radius 2 is 1.94 bits per heavy atom. The van der Waals surface area contributed by atoms with Gasteiger partial charge in [0.15, 0.2) is 0 Å². The molecular formula is C15H24N2O. The highest BCUT2D eigenvalue weighted by Gasteiger charge is 2.25. The quantitative estimate of drug-likeness (QED) is 0.858. The Labute approximate surface area is 110 Å². The summed E-state index contributed by atoms with van der Waals surface area (Å²) in [7, 11) is 0. The van der Waals surface area contributed by atoms with Gasteiger partial charge in [-0.25, -0.2) is 0 Å². The second kappa shape index (κ2) is 6.21. The largest absolute Gasteiger partial charge is 0.508 e. The molecule has 0 aromatic heterocycles. The van der Waals surface area contributed by atoms with Gasteiger partial charge in [0, 0.05) is 31.7 Å². The molecule has 1 fully saturated rings. The summed E-state index contributed by atoms with van der Waals surface area (Å²) in [6.45, 7) is 7.69. The lowest BCUT2D eigenvalue weighted by molar-refractivity contribution is 0.117. The molecule has 1 aromatic rings. The number of benzene rings is 1. The van der Waals surface area contributed by atoms with E-state index in [0.29, 0.717) is 17.8 Å². The van der Waals surface area contributed by atoms with Gasteiger partial charge in [0.1, 0.15) is 5.75 Å². The molecule has 2 atom stereocenters. The maximum atomic E-state index is 9.32. The van der Waals surface area contributed by atoms with Gasteiger partial charge in [0.25, 0.3) is 0 Å². The molecule has 2 N–H and O–H groups in total. The first-order chi connectivity index (χ1) is 8.72. The zero-order valence-corrected chi connectivity index (χ0v) is 11.4. The molecule has 1 heterocycles. The van der Waals surface area contributed by atoms with Crippen molar-refractivity contribution in [3.8, 4) is 5.75 Å². The molecule has 1 aliphatic rings. The Morgan fingerprint density at radius 1 is 1.22 bits per heavy atom. The zero-order valence-electron chi connectivity index (χ0n) is 11.4. The molecule has 100 valence electrons. The molecule has 2 unspecified atom stereocenters. The van der Waals surface area contributed by atoms with Gasteiger partial charge in [-0.2, -0.15) is 0 Å². The molecular weight excluding hydrogens is 224 g/mol. The van der Waals surface area contributed by atoms with Crippen LogP contribution in [-0.4, -0.2) is 35.2 Å². The van der Waals surface area contributed by atoms with E-state index in [9.17, 15) is 5.11 Å². The van der Waals surface area contributed by atoms with Crippen LogP contribution in [0.4, 0.5) is 0 Å². The van der Waals surface area contributed by atoms with Crippen molar-refractivity contribution in [2.75, 3.05) is 13.1 Å². The van der Waals surface area contributed by atoms with Gasteiger partial charge < -0.3 is 10.4 Å². The summed E-state index contributed by atoms with van der Waals surface area (Å²) < 4.78 is 0. The van der Waals surface area contributed by atoms with Crippen LogP contribution in [0.25, 0.3) is 0 Å². The van der Waals surface area contributed by atoms with Crippen molar-refractivity contribution in [1.29, 1.82) is 0 Å². The van der Waals surface area contributed by atoms with Crippen LogP contribution in [-0.2, 0) is 6.54 Å². The number of nitrogens with zero attached hydrogens (tertiary/aromatic N) is 1. The lowest BCUT2D eigenvalue weighted by atomic mass is 10.0. The normalized spacial score (nSPS) is 25.2. The number of hydrogen-bond donors (Lipinski definition) is 2. The summed E-state index contributed by atoms with van der Waals surface area (Å²) in [6.07, 6.45) is 2.37. The molecule has 1 aromatic carbocycles. The van der Waals surface area contributed by atoms with Gasteiger partial charge in [-0.15, -0.1) is 0 Å². The molecule has 1 aliphatic heterocycles. The molecule has 0 radical (unpaired) electrons. The second-order valence-electron chi connectivity index (χ2n) is 5.17. The predicted molar refractivity (Wildman–Crippen MR) is 74.7 cm³/mol. The standard InChI is InChI=1S/C15H24N2O/c1-3-13-11-17(14(4-2)9-16-13)10-12-5-7-15(18)8-6-12/h5-8,13-14,16,18H,3-4,9-11H2,1-2H3. The Hall–Kier alpha value is -1.06. The maximum Gasteiger partial charge on any atom is 0.115 e. The predicted octanol–water partition coefficient (Wildman–Crippen LogP) is 2.35. The third-order valence-electron chi connectivity index (χ3n) is 3.90. The highest BCUT2D eigenvalue weighted by atomic mass is 16.3. The van der Waals surface area contributed by atoms with E-state index in [-0.39, 0.29) is 0 Å². The fourth-order valence-corrected chi connectivity index (χ4v) is 2.63. The summed E-state index contributed by atoms with van der Waals surface area (Å²) in [5.74, 6) is 0.345. The summed E-state index contributed by atoms with van der Waals surface area (Å²) >= 11 is 0. The van der Waals surface area contributed by atoms with E-state index in [0.717, 1.165) is 19.6 Å². The second-order valence-corrected chi connectivity index (χ2v) is 5.17. The number of piperazine rings is 1. The summed E-state index contributed by atoms with van der Waals surface area (Å²) in [4.78, 5) is 2.57. The molecule has 3 heteroatoms. The molecule has 0 saturated carbocycles.